The number of amides is 1. The molecule has 1 aliphatic rings. The van der Waals surface area contributed by atoms with Gasteiger partial charge >= 0.3 is 5.69 Å². The third kappa shape index (κ3) is 3.84. The standard InChI is InChI=1S/C14H17N5O3.CH2O2/c1-17-11(8-12(20)18(2)14(17)22)16-13(21)9-4-6-19-10(7-9)3-5-15-19;2-1-3/h3,5,8-9H,4,6-7H2,1-2H3,(H,16,21);1H,(H,2,3). The molecule has 0 bridgehead atoms. The summed E-state index contributed by atoms with van der Waals surface area (Å²) >= 11 is 0. The van der Waals surface area contributed by atoms with Gasteiger partial charge in [-0.2, -0.15) is 5.10 Å². The predicted octanol–water partition coefficient (Wildman–Crippen LogP) is -0.818. The monoisotopic (exact) mass is 349 g/mol. The summed E-state index contributed by atoms with van der Waals surface area (Å²) in [6, 6.07) is 3.15. The number of anilines is 1. The van der Waals surface area contributed by atoms with Gasteiger partial charge in [0.1, 0.15) is 5.82 Å². The molecule has 0 saturated heterocycles. The summed E-state index contributed by atoms with van der Waals surface area (Å²) in [5.41, 5.74) is 0.105. The maximum Gasteiger partial charge on any atom is 0.332 e. The van der Waals surface area contributed by atoms with E-state index in [1.165, 1.54) is 24.7 Å². The number of aromatic nitrogens is 4. The highest BCUT2D eigenvalue weighted by molar-refractivity contribution is 5.91. The van der Waals surface area contributed by atoms with Gasteiger partial charge in [0.05, 0.1) is 0 Å². The van der Waals surface area contributed by atoms with E-state index in [-0.39, 0.29) is 24.1 Å². The van der Waals surface area contributed by atoms with Crippen LogP contribution in [0.3, 0.4) is 0 Å². The molecule has 0 saturated carbocycles. The number of nitrogens with one attached hydrogen (secondary N) is 1. The van der Waals surface area contributed by atoms with E-state index in [0.717, 1.165) is 10.3 Å². The van der Waals surface area contributed by atoms with Gasteiger partial charge in [-0.05, 0) is 12.5 Å². The molecule has 1 atom stereocenters. The van der Waals surface area contributed by atoms with E-state index >= 15 is 0 Å². The number of carboxylic acid groups (broad SMARTS) is 1. The topological polar surface area (TPSA) is 128 Å². The average molecular weight is 349 g/mol. The predicted molar refractivity (Wildman–Crippen MR) is 88.3 cm³/mol. The first kappa shape index (κ1) is 18.2. The minimum Gasteiger partial charge on any atom is -0.483 e. The van der Waals surface area contributed by atoms with E-state index in [0.29, 0.717) is 19.4 Å². The number of carbonyl (C=O) groups excluding carboxylic acids is 1. The molecule has 134 valence electrons. The van der Waals surface area contributed by atoms with Crippen LogP contribution in [0.4, 0.5) is 5.82 Å². The van der Waals surface area contributed by atoms with Crippen molar-refractivity contribution in [1.29, 1.82) is 0 Å². The van der Waals surface area contributed by atoms with Crippen molar-refractivity contribution in [2.45, 2.75) is 19.4 Å². The number of rotatable bonds is 2. The third-order valence-electron chi connectivity index (χ3n) is 4.10. The van der Waals surface area contributed by atoms with Crippen molar-refractivity contribution in [1.82, 2.24) is 18.9 Å². The number of hydrogen-bond acceptors (Lipinski definition) is 5. The van der Waals surface area contributed by atoms with Gasteiger partial charge in [0, 0.05) is 50.9 Å². The van der Waals surface area contributed by atoms with Crippen LogP contribution < -0.4 is 16.6 Å². The maximum absolute atomic E-state index is 12.4. The van der Waals surface area contributed by atoms with Crippen LogP contribution in [0.25, 0.3) is 0 Å². The van der Waals surface area contributed by atoms with Gasteiger partial charge in [0.15, 0.2) is 0 Å². The lowest BCUT2D eigenvalue weighted by molar-refractivity contribution is -0.123. The van der Waals surface area contributed by atoms with Gasteiger partial charge in [-0.1, -0.05) is 0 Å². The van der Waals surface area contributed by atoms with Gasteiger partial charge in [0.2, 0.25) is 5.91 Å². The van der Waals surface area contributed by atoms with Crippen LogP contribution in [0.1, 0.15) is 12.1 Å². The fraction of sp³-hybridized carbons (Fsp3) is 0.400. The summed E-state index contributed by atoms with van der Waals surface area (Å²) in [7, 11) is 2.92. The number of fused-ring (bicyclic) bond motifs is 1. The minimum atomic E-state index is -0.468. The Morgan fingerprint density at radius 3 is 2.72 bits per heavy atom. The molecule has 2 aromatic heterocycles. The molecule has 1 unspecified atom stereocenters. The number of hydrogen-bond donors (Lipinski definition) is 2. The zero-order chi connectivity index (χ0) is 18.6. The third-order valence-corrected chi connectivity index (χ3v) is 4.10. The number of carbonyl (C=O) groups is 2. The Labute approximate surface area is 142 Å². The van der Waals surface area contributed by atoms with E-state index in [1.807, 2.05) is 10.7 Å². The van der Waals surface area contributed by atoms with Gasteiger partial charge in [-0.25, -0.2) is 4.79 Å². The maximum atomic E-state index is 12.4. The van der Waals surface area contributed by atoms with Gasteiger partial charge in [0.25, 0.3) is 12.0 Å². The highest BCUT2D eigenvalue weighted by Crippen LogP contribution is 2.20. The van der Waals surface area contributed by atoms with Gasteiger partial charge in [-0.3, -0.25) is 28.2 Å². The molecule has 3 heterocycles. The van der Waals surface area contributed by atoms with Gasteiger partial charge < -0.3 is 10.4 Å². The van der Waals surface area contributed by atoms with Gasteiger partial charge in [-0.15, -0.1) is 0 Å². The molecule has 1 amide bonds. The molecule has 0 aliphatic carbocycles. The van der Waals surface area contributed by atoms with Crippen molar-refractivity contribution < 1.29 is 14.7 Å². The quantitative estimate of drug-likeness (QED) is 0.682. The Hall–Kier alpha value is -3.17. The molecule has 10 heteroatoms. The Balaban J connectivity index is 0.000000701. The highest BCUT2D eigenvalue weighted by atomic mass is 16.3. The molecule has 2 aromatic rings. The minimum absolute atomic E-state index is 0.185. The molecule has 10 nitrogen and oxygen atoms in total. The molecule has 0 fully saturated rings. The first-order valence-electron chi connectivity index (χ1n) is 7.55. The Kier molecular flexibility index (Phi) is 5.52. The van der Waals surface area contributed by atoms with Crippen LogP contribution in [-0.4, -0.2) is 36.4 Å². The normalized spacial score (nSPS) is 15.5. The van der Waals surface area contributed by atoms with E-state index < -0.39 is 11.2 Å². The highest BCUT2D eigenvalue weighted by Gasteiger charge is 2.25. The van der Waals surface area contributed by atoms with Crippen LogP contribution in [0.5, 0.6) is 0 Å². The summed E-state index contributed by atoms with van der Waals surface area (Å²) in [5.74, 6) is -0.156. The summed E-state index contributed by atoms with van der Waals surface area (Å²) < 4.78 is 4.14. The summed E-state index contributed by atoms with van der Waals surface area (Å²) in [5, 5.41) is 13.8. The smallest absolute Gasteiger partial charge is 0.332 e. The molecule has 25 heavy (non-hydrogen) atoms. The van der Waals surface area contributed by atoms with Crippen LogP contribution in [0.15, 0.2) is 27.9 Å². The molecule has 1 aliphatic heterocycles. The van der Waals surface area contributed by atoms with Crippen molar-refractivity contribution in [3.63, 3.8) is 0 Å². The fourth-order valence-corrected chi connectivity index (χ4v) is 2.67. The number of nitrogens with zero attached hydrogens (tertiary/aromatic N) is 4. The first-order chi connectivity index (χ1) is 11.9. The summed E-state index contributed by atoms with van der Waals surface area (Å²) in [6.07, 6.45) is 3.00. The van der Waals surface area contributed by atoms with E-state index in [2.05, 4.69) is 10.4 Å². The molecule has 2 N–H and O–H groups in total. The van der Waals surface area contributed by atoms with Crippen LogP contribution in [0, 0.1) is 5.92 Å². The van der Waals surface area contributed by atoms with Crippen molar-refractivity contribution in [2.24, 2.45) is 20.0 Å². The lowest BCUT2D eigenvalue weighted by Gasteiger charge is -2.23. The van der Waals surface area contributed by atoms with Crippen molar-refractivity contribution >= 4 is 18.2 Å². The molecule has 0 spiro atoms. The molecular weight excluding hydrogens is 330 g/mol. The van der Waals surface area contributed by atoms with E-state index in [1.54, 1.807) is 6.20 Å². The van der Waals surface area contributed by atoms with Crippen molar-refractivity contribution in [3.05, 3.63) is 44.9 Å². The second-order valence-corrected chi connectivity index (χ2v) is 5.60. The van der Waals surface area contributed by atoms with E-state index in [9.17, 15) is 14.4 Å². The van der Waals surface area contributed by atoms with E-state index in [4.69, 9.17) is 9.90 Å². The molecule has 0 radical (unpaired) electrons. The lowest BCUT2D eigenvalue weighted by atomic mass is 9.95. The zero-order valence-corrected chi connectivity index (χ0v) is 13.9. The average Bonchev–Trinajstić information content (AvgIpc) is 3.06. The zero-order valence-electron chi connectivity index (χ0n) is 13.9. The molecule has 3 rings (SSSR count). The lowest BCUT2D eigenvalue weighted by Crippen LogP contribution is -2.39. The fourth-order valence-electron chi connectivity index (χ4n) is 2.67. The number of aryl methyl sites for hydroxylation is 1. The van der Waals surface area contributed by atoms with Crippen LogP contribution in [-0.2, 0) is 36.6 Å². The second kappa shape index (κ2) is 7.60. The Morgan fingerprint density at radius 2 is 2.04 bits per heavy atom. The largest absolute Gasteiger partial charge is 0.483 e. The Morgan fingerprint density at radius 1 is 1.36 bits per heavy atom. The second-order valence-electron chi connectivity index (χ2n) is 5.60. The molecular formula is C15H19N5O5. The van der Waals surface area contributed by atoms with Crippen molar-refractivity contribution in [2.75, 3.05) is 5.32 Å². The Bertz CT molecular complexity index is 894. The summed E-state index contributed by atoms with van der Waals surface area (Å²) in [6.45, 7) is 0.440. The molecule has 0 aromatic carbocycles. The first-order valence-corrected chi connectivity index (χ1v) is 7.55. The van der Waals surface area contributed by atoms with Crippen LogP contribution in [0.2, 0.25) is 0 Å². The van der Waals surface area contributed by atoms with Crippen molar-refractivity contribution in [3.8, 4) is 0 Å². The summed E-state index contributed by atoms with van der Waals surface area (Å²) in [4.78, 5) is 44.3. The SMILES string of the molecule is Cn1c(NC(=O)C2CCn3nccc3C2)cc(=O)n(C)c1=O.O=CO. The van der Waals surface area contributed by atoms with Crippen LogP contribution >= 0.6 is 0 Å².